The highest BCUT2D eigenvalue weighted by atomic mass is 35.5. The normalized spacial score (nSPS) is 12.4. The second kappa shape index (κ2) is 10.7. The topological polar surface area (TPSA) is 71.7 Å². The van der Waals surface area contributed by atoms with E-state index in [0.29, 0.717) is 28.5 Å². The maximum Gasteiger partial charge on any atom is 0.279 e. The number of thiazole rings is 1. The summed E-state index contributed by atoms with van der Waals surface area (Å²) in [4.78, 5) is 17.9. The van der Waals surface area contributed by atoms with E-state index in [2.05, 4.69) is 11.6 Å². The van der Waals surface area contributed by atoms with Gasteiger partial charge in [0, 0.05) is 25.2 Å². The lowest BCUT2D eigenvalue weighted by molar-refractivity contribution is 0.0997. The lowest BCUT2D eigenvalue weighted by atomic mass is 10.2. The van der Waals surface area contributed by atoms with E-state index in [9.17, 15) is 13.2 Å². The summed E-state index contributed by atoms with van der Waals surface area (Å²) >= 11 is 7.73. The lowest BCUT2D eigenvalue weighted by Crippen LogP contribution is -2.30. The van der Waals surface area contributed by atoms with E-state index in [1.54, 1.807) is 19.1 Å². The monoisotopic (exact) mass is 525 g/mol. The second-order valence-corrected chi connectivity index (χ2v) is 11.1. The number of fused-ring (bicyclic) bond motifs is 1. The summed E-state index contributed by atoms with van der Waals surface area (Å²) in [5, 5.41) is 0.569. The molecule has 0 N–H and O–H groups in total. The first-order chi connectivity index (χ1) is 16.8. The molecule has 1 heterocycles. The molecule has 6 nitrogen and oxygen atoms in total. The van der Waals surface area contributed by atoms with Crippen LogP contribution in [-0.4, -0.2) is 29.7 Å². The molecule has 3 aromatic carbocycles. The Balaban J connectivity index is 1.63. The summed E-state index contributed by atoms with van der Waals surface area (Å²) in [6.07, 6.45) is 1.72. The number of amides is 1. The average Bonchev–Trinajstić information content (AvgIpc) is 3.21. The zero-order valence-corrected chi connectivity index (χ0v) is 21.5. The van der Waals surface area contributed by atoms with Gasteiger partial charge in [-0.3, -0.25) is 4.79 Å². The van der Waals surface area contributed by atoms with Crippen molar-refractivity contribution in [3.8, 4) is 0 Å². The molecule has 4 rings (SSSR count). The number of sulfonamides is 1. The van der Waals surface area contributed by atoms with Crippen LogP contribution in [0.3, 0.4) is 0 Å². The van der Waals surface area contributed by atoms with Crippen molar-refractivity contribution < 1.29 is 13.2 Å². The third-order valence-corrected chi connectivity index (χ3v) is 8.74. The van der Waals surface area contributed by atoms with Gasteiger partial charge in [0.25, 0.3) is 5.91 Å². The molecular weight excluding hydrogens is 502 g/mol. The number of allylic oxidation sites excluding steroid dienone is 1. The fraction of sp³-hybridized carbons (Fsp3) is 0.154. The van der Waals surface area contributed by atoms with Crippen molar-refractivity contribution in [3.63, 3.8) is 0 Å². The van der Waals surface area contributed by atoms with E-state index < -0.39 is 15.9 Å². The molecule has 4 aromatic rings. The number of carbonyl (C=O) groups excluding carboxylic acids is 1. The van der Waals surface area contributed by atoms with Crippen molar-refractivity contribution in [1.29, 1.82) is 0 Å². The zero-order valence-electron chi connectivity index (χ0n) is 19.1. The summed E-state index contributed by atoms with van der Waals surface area (Å²) in [5.74, 6) is -0.467. The quantitative estimate of drug-likeness (QED) is 0.285. The molecule has 1 aromatic heterocycles. The van der Waals surface area contributed by atoms with Crippen molar-refractivity contribution in [3.05, 3.63) is 106 Å². The van der Waals surface area contributed by atoms with Crippen molar-refractivity contribution >= 4 is 49.1 Å². The fourth-order valence-electron chi connectivity index (χ4n) is 3.69. The van der Waals surface area contributed by atoms with Gasteiger partial charge in [0.15, 0.2) is 4.80 Å². The number of carbonyl (C=O) groups is 1. The van der Waals surface area contributed by atoms with Crippen LogP contribution in [0.1, 0.15) is 22.8 Å². The number of halogens is 1. The smallest absolute Gasteiger partial charge is 0.279 e. The van der Waals surface area contributed by atoms with Crippen LogP contribution in [-0.2, 0) is 23.1 Å². The van der Waals surface area contributed by atoms with Crippen LogP contribution in [0.5, 0.6) is 0 Å². The Labute approximate surface area is 213 Å². The lowest BCUT2D eigenvalue weighted by Gasteiger charge is -2.20. The van der Waals surface area contributed by atoms with Crippen molar-refractivity contribution in [2.24, 2.45) is 4.99 Å². The highest BCUT2D eigenvalue weighted by molar-refractivity contribution is 7.89. The van der Waals surface area contributed by atoms with Crippen LogP contribution >= 0.6 is 22.9 Å². The number of rotatable bonds is 8. The minimum atomic E-state index is -3.72. The van der Waals surface area contributed by atoms with Gasteiger partial charge in [0.05, 0.1) is 20.1 Å². The molecule has 0 saturated heterocycles. The summed E-state index contributed by atoms with van der Waals surface area (Å²) in [7, 11) is -3.72. The van der Waals surface area contributed by atoms with Gasteiger partial charge in [0.2, 0.25) is 10.0 Å². The molecule has 180 valence electrons. The largest absolute Gasteiger partial charge is 0.311 e. The molecule has 0 aliphatic heterocycles. The van der Waals surface area contributed by atoms with E-state index in [0.717, 1.165) is 15.8 Å². The molecule has 0 radical (unpaired) electrons. The Hall–Kier alpha value is -3.04. The SMILES string of the molecule is C=CCn1c(=NC(=O)c2ccc(S(=O)(=O)N(CC)Cc3ccccc3)cc2)sc2cccc(Cl)c21. The van der Waals surface area contributed by atoms with E-state index >= 15 is 0 Å². The standard InChI is InChI=1S/C26H24ClN3O3S2/c1-3-17-30-24-22(27)11-8-12-23(24)34-26(30)28-25(31)20-13-15-21(16-14-20)35(32,33)29(4-2)18-19-9-6-5-7-10-19/h3,5-16H,1,4,17-18H2,2H3. The van der Waals surface area contributed by atoms with Crippen molar-refractivity contribution in [2.45, 2.75) is 24.9 Å². The third kappa shape index (κ3) is 5.31. The van der Waals surface area contributed by atoms with E-state index in [-0.39, 0.29) is 11.4 Å². The van der Waals surface area contributed by atoms with Crippen LogP contribution in [0.25, 0.3) is 10.2 Å². The maximum absolute atomic E-state index is 13.2. The van der Waals surface area contributed by atoms with Crippen LogP contribution in [0.4, 0.5) is 0 Å². The molecule has 0 bridgehead atoms. The van der Waals surface area contributed by atoms with Crippen LogP contribution < -0.4 is 4.80 Å². The summed E-state index contributed by atoms with van der Waals surface area (Å²) < 4.78 is 30.5. The van der Waals surface area contributed by atoms with Gasteiger partial charge < -0.3 is 4.57 Å². The van der Waals surface area contributed by atoms with Gasteiger partial charge in [0.1, 0.15) is 0 Å². The molecule has 1 amide bonds. The Bertz CT molecular complexity index is 1540. The Morgan fingerprint density at radius 3 is 2.46 bits per heavy atom. The second-order valence-electron chi connectivity index (χ2n) is 7.73. The number of benzene rings is 3. The van der Waals surface area contributed by atoms with Crippen LogP contribution in [0.15, 0.2) is 95.3 Å². The van der Waals surface area contributed by atoms with Gasteiger partial charge in [-0.2, -0.15) is 9.30 Å². The van der Waals surface area contributed by atoms with E-state index in [4.69, 9.17) is 11.6 Å². The number of hydrogen-bond donors (Lipinski definition) is 0. The molecule has 0 aliphatic rings. The third-order valence-electron chi connectivity index (χ3n) is 5.45. The first-order valence-corrected chi connectivity index (χ1v) is 13.6. The Kier molecular flexibility index (Phi) is 7.66. The summed E-state index contributed by atoms with van der Waals surface area (Å²) in [6, 6.07) is 20.9. The summed E-state index contributed by atoms with van der Waals surface area (Å²) in [5.41, 5.74) is 1.99. The van der Waals surface area contributed by atoms with E-state index in [1.807, 2.05) is 47.0 Å². The molecule has 0 fully saturated rings. The minimum absolute atomic E-state index is 0.127. The fourth-order valence-corrected chi connectivity index (χ4v) is 6.53. The van der Waals surface area contributed by atoms with Crippen molar-refractivity contribution in [1.82, 2.24) is 8.87 Å². The maximum atomic E-state index is 13.2. The first kappa shape index (κ1) is 25.1. The first-order valence-electron chi connectivity index (χ1n) is 11.0. The minimum Gasteiger partial charge on any atom is -0.311 e. The summed E-state index contributed by atoms with van der Waals surface area (Å²) in [6.45, 7) is 6.62. The van der Waals surface area contributed by atoms with Crippen LogP contribution in [0, 0.1) is 0 Å². The van der Waals surface area contributed by atoms with Gasteiger partial charge in [-0.1, -0.05) is 72.3 Å². The highest BCUT2D eigenvalue weighted by Gasteiger charge is 2.23. The molecular formula is C26H24ClN3O3S2. The molecule has 0 aliphatic carbocycles. The number of aromatic nitrogens is 1. The predicted octanol–water partition coefficient (Wildman–Crippen LogP) is 5.49. The Morgan fingerprint density at radius 2 is 1.80 bits per heavy atom. The molecule has 35 heavy (non-hydrogen) atoms. The van der Waals surface area contributed by atoms with Crippen LogP contribution in [0.2, 0.25) is 5.02 Å². The number of para-hydroxylation sites is 1. The average molecular weight is 526 g/mol. The van der Waals surface area contributed by atoms with Gasteiger partial charge in [-0.15, -0.1) is 6.58 Å². The number of nitrogens with zero attached hydrogens (tertiary/aromatic N) is 3. The molecule has 0 spiro atoms. The van der Waals surface area contributed by atoms with Gasteiger partial charge >= 0.3 is 0 Å². The zero-order chi connectivity index (χ0) is 25.0. The predicted molar refractivity (Wildman–Crippen MR) is 141 cm³/mol. The highest BCUT2D eigenvalue weighted by Crippen LogP contribution is 2.25. The van der Waals surface area contributed by atoms with Gasteiger partial charge in [-0.25, -0.2) is 8.42 Å². The molecule has 0 saturated carbocycles. The van der Waals surface area contributed by atoms with Gasteiger partial charge in [-0.05, 0) is 42.0 Å². The molecule has 0 atom stereocenters. The molecule has 0 unspecified atom stereocenters. The Morgan fingerprint density at radius 1 is 1.09 bits per heavy atom. The number of hydrogen-bond acceptors (Lipinski definition) is 4. The van der Waals surface area contributed by atoms with E-state index in [1.165, 1.54) is 39.9 Å². The van der Waals surface area contributed by atoms with Crippen molar-refractivity contribution in [2.75, 3.05) is 6.54 Å². The molecule has 9 heteroatoms.